The molecule has 4 rings (SSSR count). The Labute approximate surface area is 209 Å². The van der Waals surface area contributed by atoms with E-state index in [9.17, 15) is 5.11 Å². The SMILES string of the molecule is COc1ccc([C@@H]2CCc3cc(O)ccc3C2)c(NCCCc2ccc(OCCN(C)C)cc2)c1. The molecule has 2 N–H and O–H groups in total. The number of methoxy groups -OCH3 is 1. The molecular weight excluding hydrogens is 436 g/mol. The van der Waals surface area contributed by atoms with Crippen LogP contribution in [0.1, 0.15) is 41.0 Å². The third-order valence-electron chi connectivity index (χ3n) is 6.81. The molecule has 1 atom stereocenters. The second kappa shape index (κ2) is 12.0. The van der Waals surface area contributed by atoms with E-state index in [-0.39, 0.29) is 0 Å². The molecule has 0 radical (unpaired) electrons. The number of anilines is 1. The third-order valence-corrected chi connectivity index (χ3v) is 6.81. The van der Waals surface area contributed by atoms with Crippen molar-refractivity contribution in [2.75, 3.05) is 46.2 Å². The number of rotatable bonds is 11. The van der Waals surface area contributed by atoms with Crippen molar-refractivity contribution >= 4 is 5.69 Å². The third kappa shape index (κ3) is 6.92. The Morgan fingerprint density at radius 2 is 1.77 bits per heavy atom. The van der Waals surface area contributed by atoms with E-state index < -0.39 is 0 Å². The summed E-state index contributed by atoms with van der Waals surface area (Å²) in [5.41, 5.74) is 6.46. The van der Waals surface area contributed by atoms with E-state index in [1.165, 1.54) is 27.9 Å². The fraction of sp³-hybridized carbons (Fsp3) is 0.400. The molecule has 5 heteroatoms. The van der Waals surface area contributed by atoms with Crippen LogP contribution in [0.2, 0.25) is 0 Å². The van der Waals surface area contributed by atoms with Gasteiger partial charge < -0.3 is 24.8 Å². The van der Waals surface area contributed by atoms with Crippen LogP contribution in [0.4, 0.5) is 5.69 Å². The monoisotopic (exact) mass is 474 g/mol. The Kier molecular flexibility index (Phi) is 8.54. The maximum atomic E-state index is 9.81. The first-order valence-corrected chi connectivity index (χ1v) is 12.6. The normalized spacial score (nSPS) is 15.0. The summed E-state index contributed by atoms with van der Waals surface area (Å²) >= 11 is 0. The van der Waals surface area contributed by atoms with Crippen LogP contribution < -0.4 is 14.8 Å². The van der Waals surface area contributed by atoms with Crippen LogP contribution in [-0.2, 0) is 19.3 Å². The van der Waals surface area contributed by atoms with Crippen molar-refractivity contribution in [3.8, 4) is 17.2 Å². The fourth-order valence-corrected chi connectivity index (χ4v) is 4.79. The van der Waals surface area contributed by atoms with Gasteiger partial charge in [0, 0.05) is 24.8 Å². The number of phenolic OH excluding ortho intramolecular Hbond substituents is 1. The van der Waals surface area contributed by atoms with Gasteiger partial charge in [-0.1, -0.05) is 24.3 Å². The molecule has 0 aromatic heterocycles. The highest BCUT2D eigenvalue weighted by atomic mass is 16.5. The van der Waals surface area contributed by atoms with Crippen molar-refractivity contribution in [1.82, 2.24) is 4.90 Å². The Hall–Kier alpha value is -3.18. The Balaban J connectivity index is 1.33. The summed E-state index contributed by atoms with van der Waals surface area (Å²) < 4.78 is 11.3. The van der Waals surface area contributed by atoms with Crippen LogP contribution in [0.5, 0.6) is 17.2 Å². The highest BCUT2D eigenvalue weighted by Gasteiger charge is 2.23. The summed E-state index contributed by atoms with van der Waals surface area (Å²) in [6.07, 6.45) is 5.14. The molecule has 0 saturated carbocycles. The average Bonchev–Trinajstić information content (AvgIpc) is 2.87. The summed E-state index contributed by atoms with van der Waals surface area (Å²) in [4.78, 5) is 2.12. The smallest absolute Gasteiger partial charge is 0.120 e. The number of benzene rings is 3. The number of phenols is 1. The minimum Gasteiger partial charge on any atom is -0.508 e. The lowest BCUT2D eigenvalue weighted by Gasteiger charge is -2.27. The molecule has 35 heavy (non-hydrogen) atoms. The predicted octanol–water partition coefficient (Wildman–Crippen LogP) is 5.66. The van der Waals surface area contributed by atoms with Gasteiger partial charge in [0.15, 0.2) is 0 Å². The highest BCUT2D eigenvalue weighted by Crippen LogP contribution is 2.38. The molecule has 1 aliphatic carbocycles. The van der Waals surface area contributed by atoms with E-state index in [4.69, 9.17) is 9.47 Å². The quantitative estimate of drug-likeness (QED) is 0.351. The van der Waals surface area contributed by atoms with Gasteiger partial charge in [-0.15, -0.1) is 0 Å². The van der Waals surface area contributed by atoms with E-state index in [1.54, 1.807) is 13.2 Å². The Bertz CT molecular complexity index is 1100. The van der Waals surface area contributed by atoms with E-state index in [2.05, 4.69) is 72.8 Å². The molecule has 5 nitrogen and oxygen atoms in total. The summed E-state index contributed by atoms with van der Waals surface area (Å²) in [6, 6.07) is 20.7. The van der Waals surface area contributed by atoms with Crippen molar-refractivity contribution < 1.29 is 14.6 Å². The van der Waals surface area contributed by atoms with Gasteiger partial charge in [-0.2, -0.15) is 0 Å². The molecular formula is C30H38N2O3. The van der Waals surface area contributed by atoms with Gasteiger partial charge in [0.25, 0.3) is 0 Å². The van der Waals surface area contributed by atoms with Gasteiger partial charge in [-0.25, -0.2) is 0 Å². The molecule has 0 fully saturated rings. The Morgan fingerprint density at radius 3 is 2.54 bits per heavy atom. The van der Waals surface area contributed by atoms with E-state index >= 15 is 0 Å². The first kappa shape index (κ1) is 24.9. The zero-order chi connectivity index (χ0) is 24.6. The number of aryl methyl sites for hydroxylation is 2. The van der Waals surface area contributed by atoms with Crippen molar-refractivity contribution in [1.29, 1.82) is 0 Å². The molecule has 0 amide bonds. The number of nitrogens with one attached hydrogen (secondary N) is 1. The number of aromatic hydroxyl groups is 1. The van der Waals surface area contributed by atoms with Crippen molar-refractivity contribution in [3.05, 3.63) is 82.9 Å². The second-order valence-corrected chi connectivity index (χ2v) is 9.67. The maximum Gasteiger partial charge on any atom is 0.120 e. The van der Waals surface area contributed by atoms with Crippen molar-refractivity contribution in [3.63, 3.8) is 0 Å². The first-order valence-electron chi connectivity index (χ1n) is 12.6. The maximum absolute atomic E-state index is 9.81. The lowest BCUT2D eigenvalue weighted by molar-refractivity contribution is 0.261. The molecule has 0 unspecified atom stereocenters. The summed E-state index contributed by atoms with van der Waals surface area (Å²) in [6.45, 7) is 2.52. The number of hydrogen-bond acceptors (Lipinski definition) is 5. The van der Waals surface area contributed by atoms with Gasteiger partial charge in [-0.05, 0) is 105 Å². The molecule has 3 aromatic carbocycles. The second-order valence-electron chi connectivity index (χ2n) is 9.67. The minimum atomic E-state index is 0.362. The van der Waals surface area contributed by atoms with Gasteiger partial charge in [-0.3, -0.25) is 0 Å². The van der Waals surface area contributed by atoms with Crippen LogP contribution in [-0.4, -0.2) is 50.9 Å². The van der Waals surface area contributed by atoms with E-state index in [0.717, 1.165) is 56.7 Å². The van der Waals surface area contributed by atoms with Crippen LogP contribution in [0.15, 0.2) is 60.7 Å². The van der Waals surface area contributed by atoms with Gasteiger partial charge in [0.2, 0.25) is 0 Å². The molecule has 0 heterocycles. The zero-order valence-corrected chi connectivity index (χ0v) is 21.2. The molecule has 186 valence electrons. The fourth-order valence-electron chi connectivity index (χ4n) is 4.79. The zero-order valence-electron chi connectivity index (χ0n) is 21.2. The topological polar surface area (TPSA) is 54.0 Å². The number of nitrogens with zero attached hydrogens (tertiary/aromatic N) is 1. The van der Waals surface area contributed by atoms with Crippen LogP contribution in [0, 0.1) is 0 Å². The molecule has 0 aliphatic heterocycles. The van der Waals surface area contributed by atoms with E-state index in [1.807, 2.05) is 6.07 Å². The summed E-state index contributed by atoms with van der Waals surface area (Å²) in [7, 11) is 5.82. The lowest BCUT2D eigenvalue weighted by Crippen LogP contribution is -2.19. The average molecular weight is 475 g/mol. The van der Waals surface area contributed by atoms with Gasteiger partial charge in [0.1, 0.15) is 23.9 Å². The van der Waals surface area contributed by atoms with Crippen molar-refractivity contribution in [2.45, 2.75) is 38.0 Å². The summed E-state index contributed by atoms with van der Waals surface area (Å²) in [5.74, 6) is 2.63. The Morgan fingerprint density at radius 1 is 0.971 bits per heavy atom. The molecule has 3 aromatic rings. The predicted molar refractivity (Wildman–Crippen MR) is 143 cm³/mol. The first-order chi connectivity index (χ1) is 17.0. The number of fused-ring (bicyclic) bond motifs is 1. The van der Waals surface area contributed by atoms with Crippen LogP contribution >= 0.6 is 0 Å². The van der Waals surface area contributed by atoms with E-state index in [0.29, 0.717) is 18.3 Å². The molecule has 0 spiro atoms. The number of ether oxygens (including phenoxy) is 2. The molecule has 1 aliphatic rings. The largest absolute Gasteiger partial charge is 0.508 e. The number of hydrogen-bond donors (Lipinski definition) is 2. The van der Waals surface area contributed by atoms with Crippen molar-refractivity contribution in [2.24, 2.45) is 0 Å². The van der Waals surface area contributed by atoms with Crippen LogP contribution in [0.25, 0.3) is 0 Å². The minimum absolute atomic E-state index is 0.362. The number of likely N-dealkylation sites (N-methyl/N-ethyl adjacent to an activating group) is 1. The van der Waals surface area contributed by atoms with Gasteiger partial charge in [0.05, 0.1) is 7.11 Å². The molecule has 0 bridgehead atoms. The van der Waals surface area contributed by atoms with Crippen LogP contribution in [0.3, 0.4) is 0 Å². The van der Waals surface area contributed by atoms with Gasteiger partial charge >= 0.3 is 0 Å². The standard InChI is InChI=1S/C30H38N2O3/c1-32(2)17-18-35-27-12-6-22(7-13-27)5-4-16-31-30-21-28(34-3)14-15-29(30)25-9-8-24-20-26(33)11-10-23(24)19-25/h6-7,10-15,20-21,25,31,33H,4-5,8-9,16-19H2,1-3H3/t25-/m1/s1. The lowest BCUT2D eigenvalue weighted by atomic mass is 9.79. The highest BCUT2D eigenvalue weighted by molar-refractivity contribution is 5.57. The summed E-state index contributed by atoms with van der Waals surface area (Å²) in [5, 5.41) is 13.5. The molecule has 0 saturated heterocycles.